The number of amides is 1. The molecule has 0 radical (unpaired) electrons. The van der Waals surface area contributed by atoms with E-state index in [4.69, 9.17) is 5.26 Å². The smallest absolute Gasteiger partial charge is 0.264 e. The number of anilines is 1. The van der Waals surface area contributed by atoms with Crippen LogP contribution in [-0.2, 0) is 0 Å². The van der Waals surface area contributed by atoms with Gasteiger partial charge in [-0.15, -0.1) is 11.3 Å². The molecule has 2 aromatic rings. The third-order valence-corrected chi connectivity index (χ3v) is 4.71. The largest absolute Gasteiger partial charge is 0.353 e. The first-order valence-electron chi connectivity index (χ1n) is 7.14. The number of hydrogen-bond donors (Lipinski definition) is 0. The van der Waals surface area contributed by atoms with Gasteiger partial charge in [0.15, 0.2) is 0 Å². The van der Waals surface area contributed by atoms with Crippen LogP contribution in [0, 0.1) is 18.3 Å². The molecular formula is C16H16N4OS. The number of carbonyl (C=O) groups excluding carboxylic acids is 1. The minimum absolute atomic E-state index is 0.108. The summed E-state index contributed by atoms with van der Waals surface area (Å²) in [5.41, 5.74) is 0.609. The van der Waals surface area contributed by atoms with Crippen molar-refractivity contribution in [2.24, 2.45) is 0 Å². The zero-order chi connectivity index (χ0) is 15.5. The van der Waals surface area contributed by atoms with E-state index in [0.29, 0.717) is 18.7 Å². The lowest BCUT2D eigenvalue weighted by molar-refractivity contribution is 0.0751. The van der Waals surface area contributed by atoms with Crippen LogP contribution in [0.25, 0.3) is 0 Å². The van der Waals surface area contributed by atoms with Crippen LogP contribution in [0.15, 0.2) is 30.5 Å². The molecule has 0 spiro atoms. The van der Waals surface area contributed by atoms with Gasteiger partial charge in [-0.3, -0.25) is 4.79 Å². The van der Waals surface area contributed by atoms with Gasteiger partial charge < -0.3 is 9.80 Å². The van der Waals surface area contributed by atoms with Crippen molar-refractivity contribution in [2.45, 2.75) is 6.92 Å². The van der Waals surface area contributed by atoms with Crippen LogP contribution >= 0.6 is 11.3 Å². The molecule has 0 aromatic carbocycles. The molecule has 0 unspecified atom stereocenters. The monoisotopic (exact) mass is 312 g/mol. The summed E-state index contributed by atoms with van der Waals surface area (Å²) in [6.45, 7) is 4.83. The molecule has 3 rings (SSSR count). The predicted octanol–water partition coefficient (Wildman–Crippen LogP) is 2.29. The van der Waals surface area contributed by atoms with Crippen molar-refractivity contribution in [3.8, 4) is 6.07 Å². The summed E-state index contributed by atoms with van der Waals surface area (Å²) < 4.78 is 0. The van der Waals surface area contributed by atoms with Crippen molar-refractivity contribution in [3.05, 3.63) is 45.8 Å². The van der Waals surface area contributed by atoms with E-state index >= 15 is 0 Å². The fourth-order valence-electron chi connectivity index (χ4n) is 2.50. The van der Waals surface area contributed by atoms with Crippen LogP contribution in [0.2, 0.25) is 0 Å². The van der Waals surface area contributed by atoms with Gasteiger partial charge in [0.1, 0.15) is 5.82 Å². The Morgan fingerprint density at radius 1 is 1.27 bits per heavy atom. The number of nitrogens with zero attached hydrogens (tertiary/aromatic N) is 4. The molecule has 22 heavy (non-hydrogen) atoms. The molecule has 1 amide bonds. The van der Waals surface area contributed by atoms with Gasteiger partial charge in [-0.25, -0.2) is 4.98 Å². The van der Waals surface area contributed by atoms with E-state index in [1.54, 1.807) is 18.3 Å². The number of thiophene rings is 1. The lowest BCUT2D eigenvalue weighted by Crippen LogP contribution is -2.48. The highest BCUT2D eigenvalue weighted by molar-refractivity contribution is 7.13. The maximum atomic E-state index is 12.4. The Morgan fingerprint density at radius 2 is 2.05 bits per heavy atom. The van der Waals surface area contributed by atoms with Crippen molar-refractivity contribution >= 4 is 23.1 Å². The Morgan fingerprint density at radius 3 is 2.68 bits per heavy atom. The number of hydrogen-bond acceptors (Lipinski definition) is 5. The highest BCUT2D eigenvalue weighted by Crippen LogP contribution is 2.20. The van der Waals surface area contributed by atoms with E-state index in [0.717, 1.165) is 28.7 Å². The molecule has 0 bridgehead atoms. The van der Waals surface area contributed by atoms with Crippen molar-refractivity contribution in [1.29, 1.82) is 5.26 Å². The van der Waals surface area contributed by atoms with E-state index in [9.17, 15) is 4.79 Å². The third-order valence-electron chi connectivity index (χ3n) is 3.72. The molecule has 0 saturated carbocycles. The summed E-state index contributed by atoms with van der Waals surface area (Å²) in [5.74, 6) is 0.912. The fraction of sp³-hybridized carbons (Fsp3) is 0.312. The van der Waals surface area contributed by atoms with Crippen LogP contribution in [0.1, 0.15) is 20.1 Å². The Kier molecular flexibility index (Phi) is 4.07. The molecule has 0 N–H and O–H groups in total. The maximum Gasteiger partial charge on any atom is 0.264 e. The second-order valence-electron chi connectivity index (χ2n) is 5.20. The lowest BCUT2D eigenvalue weighted by atomic mass is 10.2. The maximum absolute atomic E-state index is 12.4. The molecule has 1 aliphatic rings. The molecule has 1 saturated heterocycles. The van der Waals surface area contributed by atoms with Crippen molar-refractivity contribution in [3.63, 3.8) is 0 Å². The standard InChI is InChI=1S/C16H16N4OS/c1-12-2-3-14(22-12)16(21)20-8-6-19(7-9-20)15-10-13(11-17)4-5-18-15/h2-5,10H,6-9H2,1H3. The van der Waals surface area contributed by atoms with Gasteiger partial charge in [-0.2, -0.15) is 5.26 Å². The molecule has 2 aromatic heterocycles. The van der Waals surface area contributed by atoms with E-state index < -0.39 is 0 Å². The number of nitriles is 1. The van der Waals surface area contributed by atoms with Gasteiger partial charge in [0, 0.05) is 37.3 Å². The molecule has 1 aliphatic heterocycles. The minimum Gasteiger partial charge on any atom is -0.353 e. The number of aromatic nitrogens is 1. The Bertz CT molecular complexity index is 726. The Labute approximate surface area is 133 Å². The second-order valence-corrected chi connectivity index (χ2v) is 6.49. The average Bonchev–Trinajstić information content (AvgIpc) is 3.01. The SMILES string of the molecule is Cc1ccc(C(=O)N2CCN(c3cc(C#N)ccn3)CC2)s1. The van der Waals surface area contributed by atoms with Crippen molar-refractivity contribution in [1.82, 2.24) is 9.88 Å². The molecule has 5 nitrogen and oxygen atoms in total. The van der Waals surface area contributed by atoms with Gasteiger partial charge in [-0.05, 0) is 31.2 Å². The van der Waals surface area contributed by atoms with Crippen LogP contribution in [-0.4, -0.2) is 42.0 Å². The Balaban J connectivity index is 1.65. The molecule has 1 fully saturated rings. The number of rotatable bonds is 2. The lowest BCUT2D eigenvalue weighted by Gasteiger charge is -2.35. The predicted molar refractivity (Wildman–Crippen MR) is 86.1 cm³/mol. The van der Waals surface area contributed by atoms with E-state index in [1.165, 1.54) is 11.3 Å². The first-order valence-corrected chi connectivity index (χ1v) is 7.96. The Hall–Kier alpha value is -2.39. The molecule has 6 heteroatoms. The van der Waals surface area contributed by atoms with Gasteiger partial charge in [0.2, 0.25) is 0 Å². The van der Waals surface area contributed by atoms with E-state index in [2.05, 4.69) is 16.0 Å². The molecule has 3 heterocycles. The van der Waals surface area contributed by atoms with Gasteiger partial charge in [0.05, 0.1) is 16.5 Å². The number of piperazine rings is 1. The summed E-state index contributed by atoms with van der Waals surface area (Å²) in [5, 5.41) is 8.96. The van der Waals surface area contributed by atoms with Crippen molar-refractivity contribution in [2.75, 3.05) is 31.1 Å². The molecule has 0 aliphatic carbocycles. The number of carbonyl (C=O) groups is 1. The van der Waals surface area contributed by atoms with E-state index in [1.807, 2.05) is 24.0 Å². The third kappa shape index (κ3) is 2.95. The van der Waals surface area contributed by atoms with E-state index in [-0.39, 0.29) is 5.91 Å². The van der Waals surface area contributed by atoms with Gasteiger partial charge in [0.25, 0.3) is 5.91 Å². The van der Waals surface area contributed by atoms with Crippen LogP contribution in [0.3, 0.4) is 0 Å². The first-order chi connectivity index (χ1) is 10.7. The van der Waals surface area contributed by atoms with Crippen LogP contribution in [0.4, 0.5) is 5.82 Å². The first kappa shape index (κ1) is 14.5. The average molecular weight is 312 g/mol. The highest BCUT2D eigenvalue weighted by atomic mass is 32.1. The van der Waals surface area contributed by atoms with Crippen molar-refractivity contribution < 1.29 is 4.79 Å². The van der Waals surface area contributed by atoms with Gasteiger partial charge in [-0.1, -0.05) is 0 Å². The fourth-order valence-corrected chi connectivity index (χ4v) is 3.34. The zero-order valence-corrected chi connectivity index (χ0v) is 13.1. The molecule has 0 atom stereocenters. The summed E-state index contributed by atoms with van der Waals surface area (Å²) in [6, 6.07) is 9.49. The quantitative estimate of drug-likeness (QED) is 0.853. The molecule has 112 valence electrons. The zero-order valence-electron chi connectivity index (χ0n) is 12.3. The normalized spacial score (nSPS) is 14.7. The molecular weight excluding hydrogens is 296 g/mol. The number of pyridine rings is 1. The summed E-state index contributed by atoms with van der Waals surface area (Å²) in [7, 11) is 0. The summed E-state index contributed by atoms with van der Waals surface area (Å²) in [4.78, 5) is 22.7. The summed E-state index contributed by atoms with van der Waals surface area (Å²) in [6.07, 6.45) is 1.65. The topological polar surface area (TPSA) is 60.2 Å². The summed E-state index contributed by atoms with van der Waals surface area (Å²) >= 11 is 1.54. The number of aryl methyl sites for hydroxylation is 1. The minimum atomic E-state index is 0.108. The van der Waals surface area contributed by atoms with Crippen LogP contribution < -0.4 is 4.90 Å². The highest BCUT2D eigenvalue weighted by Gasteiger charge is 2.23. The second kappa shape index (κ2) is 6.16. The van der Waals surface area contributed by atoms with Crippen LogP contribution in [0.5, 0.6) is 0 Å². The van der Waals surface area contributed by atoms with Gasteiger partial charge >= 0.3 is 0 Å².